The third-order valence-corrected chi connectivity index (χ3v) is 4.37. The highest BCUT2D eigenvalue weighted by Gasteiger charge is 2.15. The van der Waals surface area contributed by atoms with Gasteiger partial charge in [-0.15, -0.1) is 11.7 Å². The highest BCUT2D eigenvalue weighted by atomic mass is 16.5. The second kappa shape index (κ2) is 9.64. The van der Waals surface area contributed by atoms with Gasteiger partial charge < -0.3 is 9.64 Å². The van der Waals surface area contributed by atoms with Gasteiger partial charge in [-0.05, 0) is 54.1 Å². The Hall–Kier alpha value is -3.48. The Bertz CT molecular complexity index is 935. The number of hydrogen-bond acceptors (Lipinski definition) is 5. The van der Waals surface area contributed by atoms with Gasteiger partial charge in [0.2, 0.25) is 0 Å². The highest BCUT2D eigenvalue weighted by molar-refractivity contribution is 5.94. The number of rotatable bonds is 9. The quantitative estimate of drug-likeness (QED) is 0.521. The van der Waals surface area contributed by atoms with Crippen LogP contribution < -0.4 is 4.74 Å². The Morgan fingerprint density at radius 1 is 1.17 bits per heavy atom. The highest BCUT2D eigenvalue weighted by Crippen LogP contribution is 2.17. The van der Waals surface area contributed by atoms with Crippen LogP contribution in [-0.4, -0.2) is 37.6 Å². The van der Waals surface area contributed by atoms with Gasteiger partial charge in [-0.25, -0.2) is 4.68 Å². The lowest BCUT2D eigenvalue weighted by atomic mass is 10.1. The van der Waals surface area contributed by atoms with E-state index >= 15 is 0 Å². The van der Waals surface area contributed by atoms with Crippen molar-refractivity contribution in [2.24, 2.45) is 0 Å². The molecule has 0 N–H and O–H groups in total. The van der Waals surface area contributed by atoms with Crippen LogP contribution >= 0.6 is 0 Å². The molecule has 29 heavy (non-hydrogen) atoms. The van der Waals surface area contributed by atoms with Crippen molar-refractivity contribution in [3.05, 3.63) is 84.2 Å². The van der Waals surface area contributed by atoms with Crippen LogP contribution in [0.1, 0.15) is 41.6 Å². The molecule has 1 amide bonds. The van der Waals surface area contributed by atoms with Crippen LogP contribution in [0.2, 0.25) is 0 Å². The molecule has 7 heteroatoms. The van der Waals surface area contributed by atoms with E-state index in [1.54, 1.807) is 39.9 Å². The van der Waals surface area contributed by atoms with Gasteiger partial charge in [0.15, 0.2) is 5.82 Å². The zero-order chi connectivity index (χ0) is 20.6. The monoisotopic (exact) mass is 391 g/mol. The summed E-state index contributed by atoms with van der Waals surface area (Å²) in [6, 6.07) is 17.2. The molecule has 0 saturated carbocycles. The molecule has 3 rings (SSSR count). The molecule has 0 aliphatic rings. The number of tetrazole rings is 1. The number of carbonyl (C=O) groups is 1. The molecule has 1 aromatic heterocycles. The van der Waals surface area contributed by atoms with E-state index in [4.69, 9.17) is 4.74 Å². The van der Waals surface area contributed by atoms with Crippen LogP contribution in [0.4, 0.5) is 0 Å². The van der Waals surface area contributed by atoms with Crippen molar-refractivity contribution in [1.29, 1.82) is 0 Å². The zero-order valence-corrected chi connectivity index (χ0v) is 16.7. The van der Waals surface area contributed by atoms with E-state index in [0.29, 0.717) is 30.2 Å². The van der Waals surface area contributed by atoms with Crippen LogP contribution in [0, 0.1) is 0 Å². The van der Waals surface area contributed by atoms with Crippen LogP contribution in [-0.2, 0) is 13.2 Å². The fourth-order valence-electron chi connectivity index (χ4n) is 2.91. The Morgan fingerprint density at radius 2 is 1.90 bits per heavy atom. The molecular formula is C22H25N5O2. The maximum atomic E-state index is 12.9. The summed E-state index contributed by atoms with van der Waals surface area (Å²) in [5, 5.41) is 11.6. The first-order valence-electron chi connectivity index (χ1n) is 9.52. The van der Waals surface area contributed by atoms with Gasteiger partial charge in [-0.2, -0.15) is 0 Å². The van der Waals surface area contributed by atoms with Gasteiger partial charge in [0.1, 0.15) is 12.4 Å². The number of amides is 1. The predicted octanol–water partition coefficient (Wildman–Crippen LogP) is 3.66. The molecular weight excluding hydrogens is 366 g/mol. The normalized spacial score (nSPS) is 10.7. The van der Waals surface area contributed by atoms with Gasteiger partial charge >= 0.3 is 0 Å². The predicted molar refractivity (Wildman–Crippen MR) is 110 cm³/mol. The molecule has 0 bridgehead atoms. The lowest BCUT2D eigenvalue weighted by Crippen LogP contribution is -2.30. The average molecular weight is 391 g/mol. The number of ether oxygens (including phenoxy) is 1. The van der Waals surface area contributed by atoms with Crippen molar-refractivity contribution < 1.29 is 9.53 Å². The molecule has 2 aromatic carbocycles. The lowest BCUT2D eigenvalue weighted by molar-refractivity contribution is 0.0762. The van der Waals surface area contributed by atoms with Gasteiger partial charge in [0, 0.05) is 18.7 Å². The number of hydrogen-bond donors (Lipinski definition) is 0. The van der Waals surface area contributed by atoms with Crippen molar-refractivity contribution in [2.45, 2.75) is 33.0 Å². The first-order chi connectivity index (χ1) is 14.1. The average Bonchev–Trinajstić information content (AvgIpc) is 3.22. The summed E-state index contributed by atoms with van der Waals surface area (Å²) in [6.45, 7) is 9.04. The summed E-state index contributed by atoms with van der Waals surface area (Å²) < 4.78 is 7.49. The summed E-state index contributed by atoms with van der Waals surface area (Å²) in [5.74, 6) is 1.25. The van der Waals surface area contributed by atoms with Gasteiger partial charge in [-0.1, -0.05) is 36.4 Å². The SMILES string of the molecule is C=CCN(Cc1ccccc1)C(=O)c1ccc(OCc2nnnn2C(C)C)cc1. The van der Waals surface area contributed by atoms with Crippen molar-refractivity contribution in [1.82, 2.24) is 25.1 Å². The van der Waals surface area contributed by atoms with Crippen molar-refractivity contribution in [2.75, 3.05) is 6.54 Å². The molecule has 0 radical (unpaired) electrons. The molecule has 0 saturated heterocycles. The summed E-state index contributed by atoms with van der Waals surface area (Å²) in [6.07, 6.45) is 1.73. The van der Waals surface area contributed by atoms with E-state index in [1.807, 2.05) is 44.2 Å². The summed E-state index contributed by atoms with van der Waals surface area (Å²) in [5.41, 5.74) is 1.67. The fourth-order valence-corrected chi connectivity index (χ4v) is 2.91. The number of benzene rings is 2. The molecule has 0 aliphatic carbocycles. The third-order valence-electron chi connectivity index (χ3n) is 4.37. The molecule has 0 aliphatic heterocycles. The number of carbonyl (C=O) groups excluding carboxylic acids is 1. The molecule has 150 valence electrons. The largest absolute Gasteiger partial charge is 0.486 e. The molecule has 0 unspecified atom stereocenters. The van der Waals surface area contributed by atoms with Gasteiger partial charge in [-0.3, -0.25) is 4.79 Å². The molecule has 1 heterocycles. The van der Waals surface area contributed by atoms with Crippen molar-refractivity contribution >= 4 is 5.91 Å². The summed E-state index contributed by atoms with van der Waals surface area (Å²) >= 11 is 0. The van der Waals surface area contributed by atoms with Gasteiger partial charge in [0.05, 0.1) is 6.04 Å². The van der Waals surface area contributed by atoms with Crippen LogP contribution in [0.15, 0.2) is 67.3 Å². The summed E-state index contributed by atoms with van der Waals surface area (Å²) in [4.78, 5) is 14.7. The maximum Gasteiger partial charge on any atom is 0.254 e. The number of nitrogens with zero attached hydrogens (tertiary/aromatic N) is 5. The second-order valence-electron chi connectivity index (χ2n) is 6.91. The zero-order valence-electron chi connectivity index (χ0n) is 16.7. The molecule has 0 fully saturated rings. The fraction of sp³-hybridized carbons (Fsp3) is 0.273. The Morgan fingerprint density at radius 3 is 2.55 bits per heavy atom. The van der Waals surface area contributed by atoms with Crippen molar-refractivity contribution in [3.8, 4) is 5.75 Å². The van der Waals surface area contributed by atoms with Crippen LogP contribution in [0.3, 0.4) is 0 Å². The van der Waals surface area contributed by atoms with Gasteiger partial charge in [0.25, 0.3) is 5.91 Å². The Labute approximate surface area is 170 Å². The Balaban J connectivity index is 1.65. The second-order valence-corrected chi connectivity index (χ2v) is 6.91. The molecule has 3 aromatic rings. The topological polar surface area (TPSA) is 73.1 Å². The van der Waals surface area contributed by atoms with E-state index in [-0.39, 0.29) is 18.6 Å². The minimum Gasteiger partial charge on any atom is -0.486 e. The van der Waals surface area contributed by atoms with E-state index in [0.717, 1.165) is 5.56 Å². The smallest absolute Gasteiger partial charge is 0.254 e. The van der Waals surface area contributed by atoms with Crippen molar-refractivity contribution in [3.63, 3.8) is 0 Å². The minimum atomic E-state index is -0.0518. The number of aromatic nitrogens is 4. The Kier molecular flexibility index (Phi) is 6.73. The molecule has 7 nitrogen and oxygen atoms in total. The van der Waals surface area contributed by atoms with Crippen LogP contribution in [0.5, 0.6) is 5.75 Å². The maximum absolute atomic E-state index is 12.9. The standard InChI is InChI=1S/C22H25N5O2/c1-4-14-26(15-18-8-6-5-7-9-18)22(28)19-10-12-20(13-11-19)29-16-21-23-24-25-27(21)17(2)3/h4-13,17H,1,14-16H2,2-3H3. The van der Waals surface area contributed by atoms with E-state index in [9.17, 15) is 4.79 Å². The molecule has 0 spiro atoms. The minimum absolute atomic E-state index is 0.0518. The molecule has 0 atom stereocenters. The summed E-state index contributed by atoms with van der Waals surface area (Å²) in [7, 11) is 0. The van der Waals surface area contributed by atoms with E-state index < -0.39 is 0 Å². The van der Waals surface area contributed by atoms with E-state index in [2.05, 4.69) is 22.1 Å². The van der Waals surface area contributed by atoms with Crippen LogP contribution in [0.25, 0.3) is 0 Å². The third kappa shape index (κ3) is 5.28. The lowest BCUT2D eigenvalue weighted by Gasteiger charge is -2.21. The first kappa shape index (κ1) is 20.3. The van der Waals surface area contributed by atoms with E-state index in [1.165, 1.54) is 0 Å². The first-order valence-corrected chi connectivity index (χ1v) is 9.52.